The molecule has 0 spiro atoms. The summed E-state index contributed by atoms with van der Waals surface area (Å²) in [5.41, 5.74) is 0. The SMILES string of the molecule is O=[S@@]1(c2[c-]cccc2)=NCCC1.[Li+]. The van der Waals surface area contributed by atoms with Crippen LogP contribution in [0, 0.1) is 6.07 Å². The normalized spacial score (nSPS) is 26.2. The first-order chi connectivity index (χ1) is 5.81. The van der Waals surface area contributed by atoms with Crippen molar-refractivity contribution < 1.29 is 23.1 Å². The number of hydrogen-bond donors (Lipinski definition) is 0. The van der Waals surface area contributed by atoms with Gasteiger partial charge >= 0.3 is 18.9 Å². The van der Waals surface area contributed by atoms with E-state index in [-0.39, 0.29) is 18.9 Å². The van der Waals surface area contributed by atoms with Crippen LogP contribution in [0.4, 0.5) is 0 Å². The largest absolute Gasteiger partial charge is 1.00 e. The number of rotatable bonds is 1. The molecule has 0 bridgehead atoms. The molecule has 0 N–H and O–H groups in total. The van der Waals surface area contributed by atoms with Gasteiger partial charge in [-0.1, -0.05) is 4.90 Å². The van der Waals surface area contributed by atoms with Crippen LogP contribution < -0.4 is 18.9 Å². The Hall–Kier alpha value is -0.233. The van der Waals surface area contributed by atoms with Crippen molar-refractivity contribution in [2.45, 2.75) is 11.3 Å². The first-order valence-electron chi connectivity index (χ1n) is 3.99. The Bertz CT molecular complexity index is 382. The standard InChI is InChI=1S/C9H10NOS.Li/c11-12(8-4-7-10-12)9-5-2-1-3-6-9;/h1-3,5H,4,7-8H2;/q-1;+1/t12-;/m0./s1. The average molecular weight is 187 g/mol. The van der Waals surface area contributed by atoms with E-state index in [9.17, 15) is 4.21 Å². The van der Waals surface area contributed by atoms with Gasteiger partial charge in [-0.15, -0.1) is 0 Å². The summed E-state index contributed by atoms with van der Waals surface area (Å²) >= 11 is 0. The minimum atomic E-state index is -2.06. The summed E-state index contributed by atoms with van der Waals surface area (Å²) in [6, 6.07) is 10.4. The summed E-state index contributed by atoms with van der Waals surface area (Å²) in [5.74, 6) is 0.702. The van der Waals surface area contributed by atoms with E-state index in [1.54, 1.807) is 6.07 Å². The van der Waals surface area contributed by atoms with E-state index in [2.05, 4.69) is 10.4 Å². The van der Waals surface area contributed by atoms with Crippen LogP contribution in [0.25, 0.3) is 0 Å². The number of benzene rings is 1. The molecular weight excluding hydrogens is 177 g/mol. The van der Waals surface area contributed by atoms with Crippen LogP contribution in [0.3, 0.4) is 0 Å². The second-order valence-corrected chi connectivity index (χ2v) is 5.16. The molecule has 0 saturated carbocycles. The summed E-state index contributed by atoms with van der Waals surface area (Å²) in [5, 5.41) is 0. The van der Waals surface area contributed by atoms with Crippen LogP contribution in [0.5, 0.6) is 0 Å². The Morgan fingerprint density at radius 2 is 2.31 bits per heavy atom. The molecule has 0 amide bonds. The quantitative estimate of drug-likeness (QED) is 0.398. The van der Waals surface area contributed by atoms with Crippen LogP contribution in [-0.2, 0) is 9.73 Å². The predicted molar refractivity (Wildman–Crippen MR) is 48.5 cm³/mol. The van der Waals surface area contributed by atoms with Crippen LogP contribution >= 0.6 is 0 Å². The van der Waals surface area contributed by atoms with Crippen LogP contribution in [0.15, 0.2) is 33.5 Å². The Balaban J connectivity index is 0.000000845. The molecule has 13 heavy (non-hydrogen) atoms. The Morgan fingerprint density at radius 3 is 2.85 bits per heavy atom. The number of nitrogens with zero attached hydrogens (tertiary/aromatic N) is 1. The Labute approximate surface area is 91.1 Å². The average Bonchev–Trinajstić information content (AvgIpc) is 2.55. The summed E-state index contributed by atoms with van der Waals surface area (Å²) in [7, 11) is -2.06. The van der Waals surface area contributed by atoms with Gasteiger partial charge in [-0.25, -0.2) is 8.57 Å². The molecule has 64 valence electrons. The maximum Gasteiger partial charge on any atom is 1.00 e. The van der Waals surface area contributed by atoms with E-state index >= 15 is 0 Å². The van der Waals surface area contributed by atoms with E-state index < -0.39 is 9.73 Å². The molecule has 0 fully saturated rings. The maximum atomic E-state index is 12.0. The molecule has 4 heteroatoms. The van der Waals surface area contributed by atoms with Gasteiger partial charge in [0.05, 0.1) is 9.73 Å². The second-order valence-electron chi connectivity index (χ2n) is 2.78. The Morgan fingerprint density at radius 1 is 1.46 bits per heavy atom. The number of hydrogen-bond acceptors (Lipinski definition) is 2. The van der Waals surface area contributed by atoms with Gasteiger partial charge in [0.1, 0.15) is 0 Å². The van der Waals surface area contributed by atoms with Gasteiger partial charge in [0.25, 0.3) is 0 Å². The van der Waals surface area contributed by atoms with Gasteiger partial charge < -0.3 is 0 Å². The van der Waals surface area contributed by atoms with E-state index in [0.29, 0.717) is 5.75 Å². The fourth-order valence-corrected chi connectivity index (χ4v) is 3.27. The fraction of sp³-hybridized carbons (Fsp3) is 0.333. The maximum absolute atomic E-state index is 12.0. The molecule has 1 aliphatic rings. The second kappa shape index (κ2) is 4.32. The fourth-order valence-electron chi connectivity index (χ4n) is 1.29. The third kappa shape index (κ3) is 2.17. The molecule has 0 aromatic heterocycles. The zero-order valence-electron chi connectivity index (χ0n) is 7.69. The molecule has 1 aliphatic heterocycles. The van der Waals surface area contributed by atoms with Crippen molar-refractivity contribution in [3.63, 3.8) is 0 Å². The third-order valence-corrected chi connectivity index (χ3v) is 4.29. The van der Waals surface area contributed by atoms with Gasteiger partial charge in [-0.3, -0.25) is 0 Å². The summed E-state index contributed by atoms with van der Waals surface area (Å²) in [4.78, 5) is 0.766. The van der Waals surface area contributed by atoms with Crippen LogP contribution in [0.1, 0.15) is 6.42 Å². The van der Waals surface area contributed by atoms with Crippen molar-refractivity contribution >= 4 is 9.73 Å². The van der Waals surface area contributed by atoms with Crippen molar-refractivity contribution in [2.24, 2.45) is 4.36 Å². The molecule has 2 rings (SSSR count). The molecule has 1 atom stereocenters. The van der Waals surface area contributed by atoms with Gasteiger partial charge in [-0.05, 0) is 6.42 Å². The molecule has 0 saturated heterocycles. The predicted octanol–water partition coefficient (Wildman–Crippen LogP) is -1.28. The van der Waals surface area contributed by atoms with Gasteiger partial charge in [0, 0.05) is 12.3 Å². The van der Waals surface area contributed by atoms with Gasteiger partial charge in [-0.2, -0.15) is 30.3 Å². The first kappa shape index (κ1) is 10.8. The molecular formula is C9H10LiNOS. The smallest absolute Gasteiger partial charge is 0.247 e. The van der Waals surface area contributed by atoms with Crippen molar-refractivity contribution in [1.29, 1.82) is 0 Å². The van der Waals surface area contributed by atoms with E-state index in [4.69, 9.17) is 0 Å². The summed E-state index contributed by atoms with van der Waals surface area (Å²) in [6.07, 6.45) is 0.946. The van der Waals surface area contributed by atoms with Crippen molar-refractivity contribution in [3.8, 4) is 0 Å². The van der Waals surface area contributed by atoms with Crippen molar-refractivity contribution in [3.05, 3.63) is 30.3 Å². The molecule has 1 heterocycles. The third-order valence-electron chi connectivity index (χ3n) is 1.90. The van der Waals surface area contributed by atoms with Crippen molar-refractivity contribution in [2.75, 3.05) is 12.3 Å². The first-order valence-corrected chi connectivity index (χ1v) is 5.67. The topological polar surface area (TPSA) is 29.4 Å². The van der Waals surface area contributed by atoms with Crippen molar-refractivity contribution in [1.82, 2.24) is 0 Å². The van der Waals surface area contributed by atoms with E-state index in [0.717, 1.165) is 17.9 Å². The zero-order chi connectivity index (χ0) is 8.44. The molecule has 0 unspecified atom stereocenters. The molecule has 1 aromatic rings. The van der Waals surface area contributed by atoms with Gasteiger partial charge in [0.15, 0.2) is 0 Å². The van der Waals surface area contributed by atoms with E-state index in [1.807, 2.05) is 18.2 Å². The molecule has 0 aliphatic carbocycles. The molecule has 1 aromatic carbocycles. The molecule has 0 radical (unpaired) electrons. The summed E-state index contributed by atoms with van der Waals surface area (Å²) in [6.45, 7) is 0.738. The van der Waals surface area contributed by atoms with Crippen LogP contribution in [0.2, 0.25) is 0 Å². The van der Waals surface area contributed by atoms with Gasteiger partial charge in [0.2, 0.25) is 0 Å². The summed E-state index contributed by atoms with van der Waals surface area (Å²) < 4.78 is 16.1. The zero-order valence-corrected chi connectivity index (χ0v) is 8.51. The molecule has 2 nitrogen and oxygen atoms in total. The Kier molecular flexibility index (Phi) is 3.61. The minimum absolute atomic E-state index is 0. The van der Waals surface area contributed by atoms with Crippen LogP contribution in [-0.4, -0.2) is 16.5 Å². The monoisotopic (exact) mass is 187 g/mol. The van der Waals surface area contributed by atoms with E-state index in [1.165, 1.54) is 0 Å². The minimum Gasteiger partial charge on any atom is -0.247 e.